The number of nitrogens with one attached hydrogen (secondary N) is 1. The van der Waals surface area contributed by atoms with Crippen molar-refractivity contribution in [3.8, 4) is 0 Å². The Balaban J connectivity index is 1.51. The topological polar surface area (TPSA) is 45.2 Å². The van der Waals surface area contributed by atoms with E-state index in [9.17, 15) is 4.79 Å². The summed E-state index contributed by atoms with van der Waals surface area (Å²) >= 11 is 0. The number of hydrogen-bond donors (Lipinski definition) is 1. The van der Waals surface area contributed by atoms with Crippen LogP contribution in [0.3, 0.4) is 0 Å². The average Bonchev–Trinajstić information content (AvgIpc) is 3.16. The molecule has 1 aromatic carbocycles. The van der Waals surface area contributed by atoms with E-state index in [1.54, 1.807) is 6.20 Å². The summed E-state index contributed by atoms with van der Waals surface area (Å²) in [5, 5.41) is 3.06. The number of carbonyl (C=O) groups is 1. The monoisotopic (exact) mass is 307 g/mol. The van der Waals surface area contributed by atoms with Crippen molar-refractivity contribution in [3.63, 3.8) is 0 Å². The van der Waals surface area contributed by atoms with E-state index in [1.165, 1.54) is 11.1 Å². The Bertz CT molecular complexity index is 698. The molecule has 2 fully saturated rings. The fourth-order valence-corrected chi connectivity index (χ4v) is 4.08. The lowest BCUT2D eigenvalue weighted by Gasteiger charge is -2.25. The molecule has 0 saturated carbocycles. The molecule has 3 unspecified atom stereocenters. The number of aryl methyl sites for hydroxylation is 1. The first-order valence-electron chi connectivity index (χ1n) is 8.28. The van der Waals surface area contributed by atoms with Crippen molar-refractivity contribution in [1.82, 2.24) is 9.88 Å². The van der Waals surface area contributed by atoms with Crippen LogP contribution in [0.2, 0.25) is 0 Å². The van der Waals surface area contributed by atoms with Gasteiger partial charge in [0.05, 0.1) is 0 Å². The summed E-state index contributed by atoms with van der Waals surface area (Å²) in [5.41, 5.74) is 3.32. The Morgan fingerprint density at radius 1 is 1.22 bits per heavy atom. The van der Waals surface area contributed by atoms with Gasteiger partial charge in [-0.1, -0.05) is 23.8 Å². The van der Waals surface area contributed by atoms with E-state index in [0.29, 0.717) is 18.0 Å². The van der Waals surface area contributed by atoms with Crippen molar-refractivity contribution in [2.24, 2.45) is 0 Å². The Morgan fingerprint density at radius 3 is 2.78 bits per heavy atom. The van der Waals surface area contributed by atoms with Crippen LogP contribution in [0.5, 0.6) is 0 Å². The molecule has 2 aliphatic rings. The van der Waals surface area contributed by atoms with Crippen LogP contribution in [0.1, 0.15) is 36.3 Å². The van der Waals surface area contributed by atoms with Gasteiger partial charge in [-0.05, 0) is 49.9 Å². The quantitative estimate of drug-likeness (QED) is 0.913. The van der Waals surface area contributed by atoms with Gasteiger partial charge in [-0.25, -0.2) is 4.79 Å². The van der Waals surface area contributed by atoms with Crippen LogP contribution in [0, 0.1) is 6.92 Å². The standard InChI is InChI=1S/C19H21N3O/c1-13-4-6-15(7-5-13)21-19(23)22-16-8-9-18(22)17(11-16)14-3-2-10-20-12-14/h2-7,10,12,16-18H,8-9,11H2,1H3,(H,21,23). The third kappa shape index (κ3) is 2.58. The lowest BCUT2D eigenvalue weighted by atomic mass is 9.85. The highest BCUT2D eigenvalue weighted by Gasteiger charge is 2.48. The average molecular weight is 307 g/mol. The number of nitrogens with zero attached hydrogens (tertiary/aromatic N) is 2. The van der Waals surface area contributed by atoms with E-state index in [4.69, 9.17) is 0 Å². The molecule has 1 aromatic heterocycles. The molecule has 0 aliphatic carbocycles. The summed E-state index contributed by atoms with van der Waals surface area (Å²) in [6.45, 7) is 2.05. The van der Waals surface area contributed by atoms with E-state index in [0.717, 1.165) is 24.9 Å². The van der Waals surface area contributed by atoms with Crippen LogP contribution in [-0.2, 0) is 0 Å². The molecule has 3 atom stereocenters. The van der Waals surface area contributed by atoms with Crippen LogP contribution >= 0.6 is 0 Å². The van der Waals surface area contributed by atoms with Crippen molar-refractivity contribution < 1.29 is 4.79 Å². The minimum absolute atomic E-state index is 0.0349. The maximum Gasteiger partial charge on any atom is 0.322 e. The number of aromatic nitrogens is 1. The number of urea groups is 1. The van der Waals surface area contributed by atoms with Crippen LogP contribution in [0.4, 0.5) is 10.5 Å². The number of carbonyl (C=O) groups excluding carboxylic acids is 1. The SMILES string of the molecule is Cc1ccc(NC(=O)N2C3CCC2C(c2cccnc2)C3)cc1. The Hall–Kier alpha value is -2.36. The lowest BCUT2D eigenvalue weighted by molar-refractivity contribution is 0.204. The van der Waals surface area contributed by atoms with Crippen molar-refractivity contribution >= 4 is 11.7 Å². The van der Waals surface area contributed by atoms with Gasteiger partial charge < -0.3 is 10.2 Å². The van der Waals surface area contributed by atoms with Gasteiger partial charge in [-0.3, -0.25) is 4.98 Å². The molecule has 2 amide bonds. The van der Waals surface area contributed by atoms with E-state index in [2.05, 4.69) is 21.3 Å². The molecule has 0 radical (unpaired) electrons. The molecule has 4 nitrogen and oxygen atoms in total. The van der Waals surface area contributed by atoms with Crippen molar-refractivity contribution in [2.45, 2.75) is 44.2 Å². The molecule has 1 N–H and O–H groups in total. The smallest absolute Gasteiger partial charge is 0.318 e. The minimum atomic E-state index is 0.0349. The molecule has 0 spiro atoms. The number of hydrogen-bond acceptors (Lipinski definition) is 2. The minimum Gasteiger partial charge on any atom is -0.318 e. The highest BCUT2D eigenvalue weighted by Crippen LogP contribution is 2.46. The fourth-order valence-electron chi connectivity index (χ4n) is 4.08. The number of benzene rings is 1. The Kier molecular flexibility index (Phi) is 3.52. The molecule has 23 heavy (non-hydrogen) atoms. The van der Waals surface area contributed by atoms with Crippen LogP contribution in [0.15, 0.2) is 48.8 Å². The van der Waals surface area contributed by atoms with Gasteiger partial charge in [0.15, 0.2) is 0 Å². The fraction of sp³-hybridized carbons (Fsp3) is 0.368. The normalized spacial score (nSPS) is 25.6. The molecule has 2 saturated heterocycles. The highest BCUT2D eigenvalue weighted by atomic mass is 16.2. The highest BCUT2D eigenvalue weighted by molar-refractivity contribution is 5.90. The number of fused-ring (bicyclic) bond motifs is 2. The maximum absolute atomic E-state index is 12.7. The Morgan fingerprint density at radius 2 is 2.04 bits per heavy atom. The molecule has 2 aliphatic heterocycles. The summed E-state index contributed by atoms with van der Waals surface area (Å²) < 4.78 is 0. The number of pyridine rings is 1. The van der Waals surface area contributed by atoms with Crippen LogP contribution < -0.4 is 5.32 Å². The summed E-state index contributed by atoms with van der Waals surface area (Å²) in [7, 11) is 0. The number of rotatable bonds is 2. The molecule has 2 bridgehead atoms. The molecular weight excluding hydrogens is 286 g/mol. The second-order valence-corrected chi connectivity index (χ2v) is 6.63. The summed E-state index contributed by atoms with van der Waals surface area (Å²) in [5.74, 6) is 0.422. The van der Waals surface area contributed by atoms with Crippen LogP contribution in [0.25, 0.3) is 0 Å². The van der Waals surface area contributed by atoms with Crippen molar-refractivity contribution in [2.75, 3.05) is 5.32 Å². The summed E-state index contributed by atoms with van der Waals surface area (Å²) in [6, 6.07) is 12.8. The molecule has 4 heteroatoms. The summed E-state index contributed by atoms with van der Waals surface area (Å²) in [4.78, 5) is 19.0. The van der Waals surface area contributed by atoms with E-state index in [-0.39, 0.29) is 6.03 Å². The first-order valence-corrected chi connectivity index (χ1v) is 8.28. The Labute approximate surface area is 136 Å². The van der Waals surface area contributed by atoms with Crippen LogP contribution in [-0.4, -0.2) is 28.0 Å². The second-order valence-electron chi connectivity index (χ2n) is 6.63. The largest absolute Gasteiger partial charge is 0.322 e. The zero-order chi connectivity index (χ0) is 15.8. The first-order chi connectivity index (χ1) is 11.2. The molecule has 2 aromatic rings. The molecule has 118 valence electrons. The van der Waals surface area contributed by atoms with Gasteiger partial charge in [0.25, 0.3) is 0 Å². The number of amides is 2. The van der Waals surface area contributed by atoms with E-state index >= 15 is 0 Å². The number of anilines is 1. The third-order valence-electron chi connectivity index (χ3n) is 5.19. The van der Waals surface area contributed by atoms with Gasteiger partial charge in [-0.2, -0.15) is 0 Å². The van der Waals surface area contributed by atoms with E-state index < -0.39 is 0 Å². The second kappa shape index (κ2) is 5.69. The summed E-state index contributed by atoms with van der Waals surface area (Å²) in [6.07, 6.45) is 7.01. The van der Waals surface area contributed by atoms with Gasteiger partial charge in [0.2, 0.25) is 0 Å². The van der Waals surface area contributed by atoms with Crippen molar-refractivity contribution in [3.05, 3.63) is 59.9 Å². The van der Waals surface area contributed by atoms with Gasteiger partial charge >= 0.3 is 6.03 Å². The first kappa shape index (κ1) is 14.2. The van der Waals surface area contributed by atoms with Crippen molar-refractivity contribution in [1.29, 1.82) is 0 Å². The van der Waals surface area contributed by atoms with Gasteiger partial charge in [0, 0.05) is 36.1 Å². The zero-order valence-corrected chi connectivity index (χ0v) is 13.3. The zero-order valence-electron chi connectivity index (χ0n) is 13.3. The maximum atomic E-state index is 12.7. The van der Waals surface area contributed by atoms with Gasteiger partial charge in [0.1, 0.15) is 0 Å². The lowest BCUT2D eigenvalue weighted by Crippen LogP contribution is -2.39. The predicted molar refractivity (Wildman–Crippen MR) is 90.4 cm³/mol. The molecular formula is C19H21N3O. The molecule has 3 heterocycles. The third-order valence-corrected chi connectivity index (χ3v) is 5.19. The van der Waals surface area contributed by atoms with Gasteiger partial charge in [-0.15, -0.1) is 0 Å². The van der Waals surface area contributed by atoms with E-state index in [1.807, 2.05) is 43.5 Å². The predicted octanol–water partition coefficient (Wildman–Crippen LogP) is 3.94. The molecule has 4 rings (SSSR count).